The number of benzene rings is 1. The maximum Gasteiger partial charge on any atom is 0.278 e. The monoisotopic (exact) mass is 289 g/mol. The molecular weight excluding hydrogens is 278 g/mol. The van der Waals surface area contributed by atoms with E-state index in [1.165, 1.54) is 0 Å². The first-order chi connectivity index (χ1) is 9.75. The van der Waals surface area contributed by atoms with Gasteiger partial charge in [0.05, 0.1) is 12.3 Å². The number of carbonyl (C=O) groups excluding carboxylic acids is 1. The summed E-state index contributed by atoms with van der Waals surface area (Å²) in [6.45, 7) is 1.17. The van der Waals surface area contributed by atoms with Gasteiger partial charge in [-0.05, 0) is 30.7 Å². The Hall–Kier alpha value is -2.14. The number of carbonyl (C=O) groups is 1. The maximum absolute atomic E-state index is 12.6. The average Bonchev–Trinajstić information content (AvgIpc) is 2.69. The highest BCUT2D eigenvalue weighted by Crippen LogP contribution is 2.31. The summed E-state index contributed by atoms with van der Waals surface area (Å²) in [5, 5.41) is 7.82. The van der Waals surface area contributed by atoms with E-state index in [-0.39, 0.29) is 16.8 Å². The zero-order valence-corrected chi connectivity index (χ0v) is 11.4. The third-order valence-corrected chi connectivity index (χ3v) is 3.24. The van der Waals surface area contributed by atoms with E-state index in [1.54, 1.807) is 17.0 Å². The normalized spacial score (nSPS) is 14.2. The van der Waals surface area contributed by atoms with Crippen LogP contribution in [-0.2, 0) is 0 Å². The summed E-state index contributed by atoms with van der Waals surface area (Å²) in [5.41, 5.74) is 1.03. The lowest BCUT2D eigenvalue weighted by Crippen LogP contribution is -2.32. The molecule has 2 aromatic rings. The number of aromatic nitrogens is 2. The van der Waals surface area contributed by atoms with Gasteiger partial charge in [0.2, 0.25) is 0 Å². The van der Waals surface area contributed by atoms with Gasteiger partial charge in [0.15, 0.2) is 10.8 Å². The number of halogens is 1. The standard InChI is InChI=1S/C14H12ClN3O2/c15-13-7-6-10(16-17-13)14(19)18-8-3-9-20-12-5-2-1-4-11(12)18/h1-2,4-7H,3,8-9H2. The number of nitrogens with zero attached hydrogens (tertiary/aromatic N) is 3. The largest absolute Gasteiger partial charge is 0.491 e. The highest BCUT2D eigenvalue weighted by Gasteiger charge is 2.24. The van der Waals surface area contributed by atoms with Crippen molar-refractivity contribution in [3.05, 3.63) is 47.2 Å². The molecule has 1 aromatic carbocycles. The summed E-state index contributed by atoms with van der Waals surface area (Å²) in [4.78, 5) is 14.2. The Morgan fingerprint density at radius 2 is 2.05 bits per heavy atom. The van der Waals surface area contributed by atoms with Crippen LogP contribution >= 0.6 is 11.6 Å². The van der Waals surface area contributed by atoms with Crippen molar-refractivity contribution in [2.75, 3.05) is 18.1 Å². The molecule has 0 radical (unpaired) electrons. The number of hydrogen-bond acceptors (Lipinski definition) is 4. The topological polar surface area (TPSA) is 55.3 Å². The molecule has 6 heteroatoms. The van der Waals surface area contributed by atoms with Crippen molar-refractivity contribution in [3.63, 3.8) is 0 Å². The molecule has 102 valence electrons. The summed E-state index contributed by atoms with van der Waals surface area (Å²) in [7, 11) is 0. The van der Waals surface area contributed by atoms with Gasteiger partial charge in [0.1, 0.15) is 5.75 Å². The van der Waals surface area contributed by atoms with Gasteiger partial charge in [-0.25, -0.2) is 0 Å². The maximum atomic E-state index is 12.6. The molecule has 1 aromatic heterocycles. The van der Waals surface area contributed by atoms with Crippen LogP contribution in [0.3, 0.4) is 0 Å². The number of rotatable bonds is 1. The van der Waals surface area contributed by atoms with Gasteiger partial charge < -0.3 is 9.64 Å². The third-order valence-electron chi connectivity index (χ3n) is 3.04. The molecule has 0 atom stereocenters. The number of fused-ring (bicyclic) bond motifs is 1. The molecule has 0 saturated heterocycles. The second kappa shape index (κ2) is 5.46. The summed E-state index contributed by atoms with van der Waals surface area (Å²) >= 11 is 5.69. The van der Waals surface area contributed by atoms with Crippen LogP contribution in [0.5, 0.6) is 5.75 Å². The Labute approximate surface area is 121 Å². The van der Waals surface area contributed by atoms with Crippen molar-refractivity contribution >= 4 is 23.2 Å². The summed E-state index contributed by atoms with van der Waals surface area (Å²) < 4.78 is 5.63. The average molecular weight is 290 g/mol. The molecular formula is C14H12ClN3O2. The molecule has 0 fully saturated rings. The van der Waals surface area contributed by atoms with Gasteiger partial charge in [-0.2, -0.15) is 0 Å². The molecule has 0 unspecified atom stereocenters. The summed E-state index contributed by atoms with van der Waals surface area (Å²) in [5.74, 6) is 0.507. The van der Waals surface area contributed by atoms with E-state index in [0.717, 1.165) is 12.1 Å². The molecule has 1 aliphatic rings. The fraction of sp³-hybridized carbons (Fsp3) is 0.214. The number of hydrogen-bond donors (Lipinski definition) is 0. The molecule has 3 rings (SSSR count). The quantitative estimate of drug-likeness (QED) is 0.809. The SMILES string of the molecule is O=C(c1ccc(Cl)nn1)N1CCCOc2ccccc21. The lowest BCUT2D eigenvalue weighted by molar-refractivity contribution is 0.0981. The molecule has 5 nitrogen and oxygen atoms in total. The fourth-order valence-corrected chi connectivity index (χ4v) is 2.21. The van der Waals surface area contributed by atoms with Crippen molar-refractivity contribution in [2.45, 2.75) is 6.42 Å². The van der Waals surface area contributed by atoms with Gasteiger partial charge in [0.25, 0.3) is 5.91 Å². The van der Waals surface area contributed by atoms with Crippen LogP contribution in [0.25, 0.3) is 0 Å². The van der Waals surface area contributed by atoms with E-state index in [4.69, 9.17) is 16.3 Å². The van der Waals surface area contributed by atoms with Crippen LogP contribution in [-0.4, -0.2) is 29.3 Å². The fourth-order valence-electron chi connectivity index (χ4n) is 2.11. The van der Waals surface area contributed by atoms with Crippen molar-refractivity contribution in [1.29, 1.82) is 0 Å². The Balaban J connectivity index is 1.97. The van der Waals surface area contributed by atoms with Crippen molar-refractivity contribution in [1.82, 2.24) is 10.2 Å². The van der Waals surface area contributed by atoms with Crippen LogP contribution in [0.4, 0.5) is 5.69 Å². The first-order valence-electron chi connectivity index (χ1n) is 6.28. The van der Waals surface area contributed by atoms with Crippen LogP contribution in [0.2, 0.25) is 5.15 Å². The Morgan fingerprint density at radius 1 is 1.20 bits per heavy atom. The van der Waals surface area contributed by atoms with Gasteiger partial charge in [-0.3, -0.25) is 4.79 Å². The highest BCUT2D eigenvalue weighted by molar-refractivity contribution is 6.29. The van der Waals surface area contributed by atoms with E-state index in [9.17, 15) is 4.79 Å². The minimum absolute atomic E-state index is 0.202. The first kappa shape index (κ1) is 12.9. The van der Waals surface area contributed by atoms with E-state index in [0.29, 0.717) is 18.9 Å². The molecule has 0 N–H and O–H groups in total. The number of ether oxygens (including phenoxy) is 1. The number of anilines is 1. The van der Waals surface area contributed by atoms with E-state index < -0.39 is 0 Å². The molecule has 1 aliphatic heterocycles. The van der Waals surface area contributed by atoms with Crippen molar-refractivity contribution in [2.24, 2.45) is 0 Å². The Kier molecular flexibility index (Phi) is 3.52. The van der Waals surface area contributed by atoms with Crippen LogP contribution in [0.15, 0.2) is 36.4 Å². The molecule has 2 heterocycles. The number of para-hydroxylation sites is 2. The zero-order valence-electron chi connectivity index (χ0n) is 10.6. The molecule has 0 saturated carbocycles. The minimum Gasteiger partial charge on any atom is -0.491 e. The predicted molar refractivity (Wildman–Crippen MR) is 75.3 cm³/mol. The molecule has 0 aliphatic carbocycles. The molecule has 1 amide bonds. The molecule has 20 heavy (non-hydrogen) atoms. The Morgan fingerprint density at radius 3 is 2.85 bits per heavy atom. The first-order valence-corrected chi connectivity index (χ1v) is 6.66. The van der Waals surface area contributed by atoms with Gasteiger partial charge >= 0.3 is 0 Å². The lowest BCUT2D eigenvalue weighted by atomic mass is 10.2. The lowest BCUT2D eigenvalue weighted by Gasteiger charge is -2.20. The summed E-state index contributed by atoms with van der Waals surface area (Å²) in [6, 6.07) is 10.6. The zero-order chi connectivity index (χ0) is 13.9. The molecule has 0 spiro atoms. The van der Waals surface area contributed by atoms with Gasteiger partial charge in [-0.15, -0.1) is 10.2 Å². The van der Waals surface area contributed by atoms with E-state index in [2.05, 4.69) is 10.2 Å². The minimum atomic E-state index is -0.202. The van der Waals surface area contributed by atoms with Crippen molar-refractivity contribution in [3.8, 4) is 5.75 Å². The number of amides is 1. The van der Waals surface area contributed by atoms with Crippen LogP contribution in [0.1, 0.15) is 16.9 Å². The molecule has 0 bridgehead atoms. The third kappa shape index (κ3) is 2.44. The predicted octanol–water partition coefficient (Wildman–Crippen LogP) is 2.56. The van der Waals surface area contributed by atoms with E-state index >= 15 is 0 Å². The van der Waals surface area contributed by atoms with Crippen molar-refractivity contribution < 1.29 is 9.53 Å². The van der Waals surface area contributed by atoms with Crippen LogP contribution < -0.4 is 9.64 Å². The highest BCUT2D eigenvalue weighted by atomic mass is 35.5. The van der Waals surface area contributed by atoms with E-state index in [1.807, 2.05) is 24.3 Å². The summed E-state index contributed by atoms with van der Waals surface area (Å²) in [6.07, 6.45) is 0.765. The Bertz CT molecular complexity index is 631. The van der Waals surface area contributed by atoms with Crippen LogP contribution in [0, 0.1) is 0 Å². The van der Waals surface area contributed by atoms with Gasteiger partial charge in [-0.1, -0.05) is 23.7 Å². The van der Waals surface area contributed by atoms with Gasteiger partial charge in [0, 0.05) is 6.54 Å². The second-order valence-corrected chi connectivity index (χ2v) is 4.76. The smallest absolute Gasteiger partial charge is 0.278 e. The second-order valence-electron chi connectivity index (χ2n) is 4.37.